The van der Waals surface area contributed by atoms with Gasteiger partial charge in [0.25, 0.3) is 0 Å². The number of fused-ring (bicyclic) bond motifs is 3. The number of aromatic nitrogens is 1. The van der Waals surface area contributed by atoms with Gasteiger partial charge in [-0.1, -0.05) is 116 Å². The van der Waals surface area contributed by atoms with Crippen LogP contribution in [-0.2, 0) is 0 Å². The number of para-hydroxylation sites is 2. The molecule has 6 aromatic rings. The Morgan fingerprint density at radius 3 is 1.71 bits per heavy atom. The first-order valence-corrected chi connectivity index (χ1v) is 12.7. The van der Waals surface area contributed by atoms with Crippen molar-refractivity contribution < 1.29 is 0 Å². The molecule has 5 aromatic carbocycles. The molecule has 182 valence electrons. The Morgan fingerprint density at radius 1 is 0.553 bits per heavy atom. The largest absolute Gasteiger partial charge is 0.309 e. The molecule has 1 aromatic heterocycles. The number of hydrogen-bond acceptors (Lipinski definition) is 1. The molecule has 0 saturated heterocycles. The molecule has 0 radical (unpaired) electrons. The summed E-state index contributed by atoms with van der Waals surface area (Å²) < 4.78 is 2.31. The molecule has 0 spiro atoms. The smallest absolute Gasteiger partial charge is 0.160 e. The highest BCUT2D eigenvalue weighted by Gasteiger charge is 2.12. The highest BCUT2D eigenvalue weighted by Crippen LogP contribution is 2.32. The Balaban J connectivity index is 1.44. The predicted molar refractivity (Wildman–Crippen MR) is 161 cm³/mol. The maximum Gasteiger partial charge on any atom is 0.160 e. The fraction of sp³-hybridized carbons (Fsp3) is 0.0286. The van der Waals surface area contributed by atoms with Crippen LogP contribution in [0.5, 0.6) is 0 Å². The molecule has 0 N–H and O–H groups in total. The first-order valence-electron chi connectivity index (χ1n) is 12.7. The van der Waals surface area contributed by atoms with E-state index in [1.807, 2.05) is 55.5 Å². The van der Waals surface area contributed by atoms with E-state index in [0.29, 0.717) is 11.5 Å². The average molecular weight is 490 g/mol. The second-order valence-electron chi connectivity index (χ2n) is 9.23. The molecule has 0 fully saturated rings. The third kappa shape index (κ3) is 4.46. The van der Waals surface area contributed by atoms with E-state index in [4.69, 9.17) is 9.98 Å². The summed E-state index contributed by atoms with van der Waals surface area (Å²) in [5.74, 6) is 0.638. The van der Waals surface area contributed by atoms with Crippen LogP contribution in [0.4, 0.5) is 0 Å². The minimum atomic E-state index is 0.638. The van der Waals surface area contributed by atoms with Crippen molar-refractivity contribution in [2.75, 3.05) is 0 Å². The SMILES string of the molecule is C=C(/N=C(\N=C(/C)c1ccccc1)c1ccccc1)c1cccc(-n2c3ccccc3c3ccccc32)c1. The molecule has 0 aliphatic carbocycles. The maximum atomic E-state index is 4.96. The van der Waals surface area contributed by atoms with E-state index in [9.17, 15) is 0 Å². The van der Waals surface area contributed by atoms with E-state index in [-0.39, 0.29) is 0 Å². The van der Waals surface area contributed by atoms with E-state index in [0.717, 1.165) is 28.1 Å². The lowest BCUT2D eigenvalue weighted by Crippen LogP contribution is -2.04. The van der Waals surface area contributed by atoms with Gasteiger partial charge in [-0.25, -0.2) is 9.98 Å². The number of hydrogen-bond donors (Lipinski definition) is 0. The van der Waals surface area contributed by atoms with Crippen LogP contribution in [0.1, 0.15) is 23.6 Å². The zero-order valence-electron chi connectivity index (χ0n) is 21.3. The van der Waals surface area contributed by atoms with Gasteiger partial charge in [0.2, 0.25) is 0 Å². The Kier molecular flexibility index (Phi) is 6.25. The van der Waals surface area contributed by atoms with Crippen molar-refractivity contribution in [3.8, 4) is 5.69 Å². The summed E-state index contributed by atoms with van der Waals surface area (Å²) in [6, 6.07) is 45.7. The Hall–Kier alpha value is -5.02. The molecule has 0 bridgehead atoms. The van der Waals surface area contributed by atoms with E-state index >= 15 is 0 Å². The van der Waals surface area contributed by atoms with Crippen molar-refractivity contribution in [1.29, 1.82) is 0 Å². The van der Waals surface area contributed by atoms with Gasteiger partial charge in [0, 0.05) is 33.3 Å². The molecule has 0 atom stereocenters. The molecule has 6 rings (SSSR count). The lowest BCUT2D eigenvalue weighted by atomic mass is 10.1. The second-order valence-corrected chi connectivity index (χ2v) is 9.23. The van der Waals surface area contributed by atoms with Crippen LogP contribution in [0.2, 0.25) is 0 Å². The molecule has 0 unspecified atom stereocenters. The molecular weight excluding hydrogens is 462 g/mol. The molecular formula is C35H27N3. The minimum absolute atomic E-state index is 0.638. The maximum absolute atomic E-state index is 4.96. The second kappa shape index (κ2) is 10.2. The summed E-state index contributed by atoms with van der Waals surface area (Å²) in [4.78, 5) is 9.89. The lowest BCUT2D eigenvalue weighted by molar-refractivity contribution is 1.18. The van der Waals surface area contributed by atoms with Gasteiger partial charge in [-0.05, 0) is 36.8 Å². The summed E-state index contributed by atoms with van der Waals surface area (Å²) in [7, 11) is 0. The van der Waals surface area contributed by atoms with Crippen molar-refractivity contribution in [2.45, 2.75) is 6.92 Å². The van der Waals surface area contributed by atoms with Gasteiger partial charge in [-0.15, -0.1) is 0 Å². The van der Waals surface area contributed by atoms with Crippen molar-refractivity contribution in [3.05, 3.63) is 157 Å². The Bertz CT molecular complexity index is 1770. The zero-order valence-corrected chi connectivity index (χ0v) is 21.3. The van der Waals surface area contributed by atoms with Crippen LogP contribution in [0.3, 0.4) is 0 Å². The van der Waals surface area contributed by atoms with Gasteiger partial charge >= 0.3 is 0 Å². The topological polar surface area (TPSA) is 29.6 Å². The van der Waals surface area contributed by atoms with Crippen LogP contribution in [0, 0.1) is 0 Å². The molecule has 3 heteroatoms. The van der Waals surface area contributed by atoms with Crippen molar-refractivity contribution in [1.82, 2.24) is 4.57 Å². The highest BCUT2D eigenvalue weighted by atomic mass is 15.0. The normalized spacial score (nSPS) is 12.2. The standard InChI is InChI=1S/C35H27N3/c1-25(27-14-5-3-6-15-27)36-35(28-16-7-4-8-17-28)37-26(2)29-18-13-19-30(24-29)38-33-22-11-9-20-31(33)32-21-10-12-23-34(32)38/h3-24H,2H2,1H3/b36-25+,37-35-. The zero-order chi connectivity index (χ0) is 25.9. The number of amidine groups is 1. The highest BCUT2D eigenvalue weighted by molar-refractivity contribution is 6.13. The van der Waals surface area contributed by atoms with E-state index < -0.39 is 0 Å². The van der Waals surface area contributed by atoms with Crippen molar-refractivity contribution >= 4 is 39.1 Å². The lowest BCUT2D eigenvalue weighted by Gasteiger charge is -2.11. The first-order chi connectivity index (χ1) is 18.7. The molecule has 38 heavy (non-hydrogen) atoms. The summed E-state index contributed by atoms with van der Waals surface area (Å²) in [6.07, 6.45) is 0. The van der Waals surface area contributed by atoms with Crippen molar-refractivity contribution in [3.63, 3.8) is 0 Å². The fourth-order valence-electron chi connectivity index (χ4n) is 4.86. The third-order valence-corrected chi connectivity index (χ3v) is 6.76. The summed E-state index contributed by atoms with van der Waals surface area (Å²) >= 11 is 0. The van der Waals surface area contributed by atoms with Crippen LogP contribution in [0.25, 0.3) is 33.2 Å². The summed E-state index contributed by atoms with van der Waals surface area (Å²) in [6.45, 7) is 6.36. The van der Waals surface area contributed by atoms with Gasteiger partial charge in [-0.2, -0.15) is 0 Å². The number of benzene rings is 5. The summed E-state index contributed by atoms with van der Waals surface area (Å²) in [5.41, 5.74) is 7.95. The van der Waals surface area contributed by atoms with Crippen LogP contribution in [-0.4, -0.2) is 16.1 Å². The van der Waals surface area contributed by atoms with Gasteiger partial charge < -0.3 is 4.57 Å². The van der Waals surface area contributed by atoms with Gasteiger partial charge in [0.15, 0.2) is 5.84 Å². The molecule has 0 aliphatic heterocycles. The van der Waals surface area contributed by atoms with E-state index in [2.05, 4.69) is 96.1 Å². The molecule has 0 amide bonds. The first kappa shape index (κ1) is 23.4. The number of rotatable bonds is 5. The fourth-order valence-corrected chi connectivity index (χ4v) is 4.86. The number of nitrogens with zero attached hydrogens (tertiary/aromatic N) is 3. The van der Waals surface area contributed by atoms with E-state index in [1.165, 1.54) is 21.8 Å². The molecule has 1 heterocycles. The Morgan fingerprint density at radius 2 is 1.08 bits per heavy atom. The van der Waals surface area contributed by atoms with Gasteiger partial charge in [-0.3, -0.25) is 0 Å². The minimum Gasteiger partial charge on any atom is -0.309 e. The van der Waals surface area contributed by atoms with Gasteiger partial charge in [0.05, 0.1) is 16.7 Å². The van der Waals surface area contributed by atoms with E-state index in [1.54, 1.807) is 0 Å². The predicted octanol–water partition coefficient (Wildman–Crippen LogP) is 8.71. The molecule has 0 aliphatic rings. The number of aliphatic imine (C=N–C) groups is 2. The van der Waals surface area contributed by atoms with Crippen molar-refractivity contribution in [2.24, 2.45) is 9.98 Å². The quantitative estimate of drug-likeness (QED) is 0.171. The average Bonchev–Trinajstić information content (AvgIpc) is 3.32. The molecule has 3 nitrogen and oxygen atoms in total. The summed E-state index contributed by atoms with van der Waals surface area (Å²) in [5, 5.41) is 2.48. The Labute approximate surface area is 222 Å². The van der Waals surface area contributed by atoms with Crippen LogP contribution >= 0.6 is 0 Å². The van der Waals surface area contributed by atoms with Gasteiger partial charge in [0.1, 0.15) is 0 Å². The molecule has 0 saturated carbocycles. The van der Waals surface area contributed by atoms with Crippen LogP contribution < -0.4 is 0 Å². The monoisotopic (exact) mass is 489 g/mol. The third-order valence-electron chi connectivity index (χ3n) is 6.76. The van der Waals surface area contributed by atoms with Crippen LogP contribution in [0.15, 0.2) is 150 Å².